The van der Waals surface area contributed by atoms with Gasteiger partial charge in [0.2, 0.25) is 0 Å². The molecule has 7 heteroatoms. The number of anilines is 1. The van der Waals surface area contributed by atoms with Gasteiger partial charge in [-0.3, -0.25) is 4.79 Å². The summed E-state index contributed by atoms with van der Waals surface area (Å²) in [5.74, 6) is 0.540. The number of allylic oxidation sites excluding steroid dienone is 1. The van der Waals surface area contributed by atoms with E-state index in [1.807, 2.05) is 61.5 Å². The Balaban J connectivity index is 1.76. The van der Waals surface area contributed by atoms with Gasteiger partial charge in [0.15, 0.2) is 5.16 Å². The monoisotopic (exact) mass is 475 g/mol. The van der Waals surface area contributed by atoms with E-state index < -0.39 is 11.9 Å². The van der Waals surface area contributed by atoms with Gasteiger partial charge in [0.25, 0.3) is 5.56 Å². The van der Waals surface area contributed by atoms with Crippen LogP contribution in [0.2, 0.25) is 0 Å². The maximum atomic E-state index is 13.4. The van der Waals surface area contributed by atoms with Crippen molar-refractivity contribution >= 4 is 23.5 Å². The zero-order chi connectivity index (χ0) is 24.2. The first-order valence-electron chi connectivity index (χ1n) is 11.4. The van der Waals surface area contributed by atoms with Gasteiger partial charge in [-0.05, 0) is 36.5 Å². The number of hydrogen-bond donors (Lipinski definition) is 2. The highest BCUT2D eigenvalue weighted by molar-refractivity contribution is 7.98. The van der Waals surface area contributed by atoms with E-state index in [9.17, 15) is 9.59 Å². The van der Waals surface area contributed by atoms with E-state index in [0.717, 1.165) is 11.1 Å². The number of H-pyrrole nitrogens is 1. The molecule has 0 aliphatic carbocycles. The topological polar surface area (TPSA) is 84.1 Å². The van der Waals surface area contributed by atoms with Gasteiger partial charge in [-0.2, -0.15) is 0 Å². The third kappa shape index (κ3) is 4.94. The number of nitrogens with one attached hydrogen (secondary N) is 2. The average Bonchev–Trinajstić information content (AvgIpc) is 2.82. The van der Waals surface area contributed by atoms with Crippen molar-refractivity contribution in [2.75, 3.05) is 11.9 Å². The largest absolute Gasteiger partial charge is 0.463 e. The number of fused-ring (bicyclic) bond motifs is 1. The summed E-state index contributed by atoms with van der Waals surface area (Å²) >= 11 is 1.46. The second-order valence-corrected chi connectivity index (χ2v) is 9.51. The Bertz CT molecular complexity index is 1260. The number of nitrogens with zero attached hydrogens (tertiary/aromatic N) is 1. The molecule has 1 unspecified atom stereocenters. The first kappa shape index (κ1) is 23.8. The minimum absolute atomic E-state index is 0.255. The molecule has 1 aliphatic rings. The number of rotatable bonds is 7. The molecule has 1 aliphatic heterocycles. The lowest BCUT2D eigenvalue weighted by Crippen LogP contribution is -2.31. The van der Waals surface area contributed by atoms with E-state index in [0.29, 0.717) is 39.5 Å². The van der Waals surface area contributed by atoms with Crippen LogP contribution in [0.4, 0.5) is 5.82 Å². The van der Waals surface area contributed by atoms with E-state index in [2.05, 4.69) is 24.1 Å². The highest BCUT2D eigenvalue weighted by Crippen LogP contribution is 2.40. The van der Waals surface area contributed by atoms with Crippen molar-refractivity contribution in [3.05, 3.63) is 98.5 Å². The summed E-state index contributed by atoms with van der Waals surface area (Å²) in [6.07, 6.45) is 0. The molecule has 0 spiro atoms. The Labute approximate surface area is 203 Å². The van der Waals surface area contributed by atoms with Gasteiger partial charge in [-0.25, -0.2) is 9.78 Å². The molecule has 2 aromatic carbocycles. The smallest absolute Gasteiger partial charge is 0.336 e. The van der Waals surface area contributed by atoms with Crippen molar-refractivity contribution in [1.82, 2.24) is 9.97 Å². The molecule has 4 rings (SSSR count). The van der Waals surface area contributed by atoms with Crippen LogP contribution in [0.5, 0.6) is 0 Å². The second-order valence-electron chi connectivity index (χ2n) is 8.55. The fourth-order valence-electron chi connectivity index (χ4n) is 4.11. The van der Waals surface area contributed by atoms with Crippen molar-refractivity contribution in [3.63, 3.8) is 0 Å². The van der Waals surface area contributed by atoms with Gasteiger partial charge in [0.1, 0.15) is 5.82 Å². The molecule has 0 bridgehead atoms. The predicted molar refractivity (Wildman–Crippen MR) is 136 cm³/mol. The number of aromatic nitrogens is 2. The van der Waals surface area contributed by atoms with Gasteiger partial charge >= 0.3 is 5.97 Å². The van der Waals surface area contributed by atoms with E-state index in [4.69, 9.17) is 9.72 Å². The van der Waals surface area contributed by atoms with Gasteiger partial charge in [0.05, 0.1) is 23.7 Å². The third-order valence-electron chi connectivity index (χ3n) is 5.87. The third-order valence-corrected chi connectivity index (χ3v) is 6.82. The number of hydrogen-bond acceptors (Lipinski definition) is 6. The lowest BCUT2D eigenvalue weighted by atomic mass is 9.81. The van der Waals surface area contributed by atoms with Crippen LogP contribution >= 0.6 is 11.8 Å². The number of carbonyl (C=O) groups excluding carboxylic acids is 1. The van der Waals surface area contributed by atoms with Crippen LogP contribution in [0.3, 0.4) is 0 Å². The summed E-state index contributed by atoms with van der Waals surface area (Å²) in [6, 6.07) is 18.1. The van der Waals surface area contributed by atoms with Crippen molar-refractivity contribution in [2.24, 2.45) is 0 Å². The number of esters is 1. The Morgan fingerprint density at radius 2 is 1.82 bits per heavy atom. The van der Waals surface area contributed by atoms with E-state index in [-0.39, 0.29) is 12.2 Å². The summed E-state index contributed by atoms with van der Waals surface area (Å²) < 4.78 is 5.36. The molecule has 0 saturated heterocycles. The molecular formula is C27H29N3O3S. The van der Waals surface area contributed by atoms with Gasteiger partial charge < -0.3 is 15.0 Å². The molecular weight excluding hydrogens is 446 g/mol. The van der Waals surface area contributed by atoms with Gasteiger partial charge in [0, 0.05) is 11.4 Å². The number of aromatic amines is 1. The van der Waals surface area contributed by atoms with Crippen LogP contribution in [0.25, 0.3) is 0 Å². The summed E-state index contributed by atoms with van der Waals surface area (Å²) in [5, 5.41) is 3.72. The van der Waals surface area contributed by atoms with Crippen LogP contribution in [0.1, 0.15) is 61.8 Å². The van der Waals surface area contributed by atoms with Crippen LogP contribution in [0, 0.1) is 0 Å². The predicted octanol–water partition coefficient (Wildman–Crippen LogP) is 5.58. The van der Waals surface area contributed by atoms with Crippen molar-refractivity contribution in [2.45, 2.75) is 50.4 Å². The maximum absolute atomic E-state index is 13.4. The molecule has 0 fully saturated rings. The molecule has 1 atom stereocenters. The fraction of sp³-hybridized carbons (Fsp3) is 0.296. The van der Waals surface area contributed by atoms with Gasteiger partial charge in [-0.15, -0.1) is 0 Å². The summed E-state index contributed by atoms with van der Waals surface area (Å²) in [7, 11) is 0. The summed E-state index contributed by atoms with van der Waals surface area (Å²) in [5.41, 5.74) is 4.42. The molecule has 0 amide bonds. The number of carbonyl (C=O) groups is 1. The van der Waals surface area contributed by atoms with Crippen molar-refractivity contribution in [3.8, 4) is 0 Å². The molecule has 6 nitrogen and oxygen atoms in total. The Morgan fingerprint density at radius 3 is 2.47 bits per heavy atom. The van der Waals surface area contributed by atoms with Crippen LogP contribution < -0.4 is 10.9 Å². The summed E-state index contributed by atoms with van der Waals surface area (Å²) in [4.78, 5) is 34.0. The van der Waals surface area contributed by atoms with Crippen LogP contribution in [0.15, 0.2) is 75.8 Å². The zero-order valence-electron chi connectivity index (χ0n) is 19.8. The van der Waals surface area contributed by atoms with E-state index >= 15 is 0 Å². The molecule has 0 radical (unpaired) electrons. The lowest BCUT2D eigenvalue weighted by molar-refractivity contribution is -0.138. The van der Waals surface area contributed by atoms with Crippen molar-refractivity contribution < 1.29 is 9.53 Å². The van der Waals surface area contributed by atoms with Gasteiger partial charge in [-0.1, -0.05) is 80.2 Å². The maximum Gasteiger partial charge on any atom is 0.336 e. The fourth-order valence-corrected chi connectivity index (χ4v) is 4.93. The summed E-state index contributed by atoms with van der Waals surface area (Å²) in [6.45, 7) is 8.11. The number of thioether (sulfide) groups is 1. The molecule has 1 aromatic heterocycles. The highest BCUT2D eigenvalue weighted by Gasteiger charge is 2.36. The highest BCUT2D eigenvalue weighted by atomic mass is 32.2. The molecule has 3 aromatic rings. The van der Waals surface area contributed by atoms with E-state index in [1.165, 1.54) is 17.3 Å². The second kappa shape index (κ2) is 10.3. The normalized spacial score (nSPS) is 15.1. The Hall–Kier alpha value is -3.32. The number of benzene rings is 2. The quantitative estimate of drug-likeness (QED) is 0.264. The Morgan fingerprint density at radius 1 is 1.12 bits per heavy atom. The van der Waals surface area contributed by atoms with E-state index in [1.54, 1.807) is 6.92 Å². The first-order valence-corrected chi connectivity index (χ1v) is 12.4. The molecule has 2 N–H and O–H groups in total. The molecule has 0 saturated carbocycles. The zero-order valence-corrected chi connectivity index (χ0v) is 20.7. The standard InChI is InChI=1S/C27H29N3O3S/c1-5-33-26(32)21-17(4)28-24-23(22(21)20-13-11-19(12-14-20)16(2)3)25(31)30-27(29-24)34-15-18-9-7-6-8-10-18/h6-14,16,22H,5,15H2,1-4H3,(H2,28,29,30,31). The molecule has 34 heavy (non-hydrogen) atoms. The first-order chi connectivity index (χ1) is 16.4. The van der Waals surface area contributed by atoms with Crippen LogP contribution in [-0.2, 0) is 15.3 Å². The minimum atomic E-state index is -0.569. The van der Waals surface area contributed by atoms with Crippen molar-refractivity contribution in [1.29, 1.82) is 0 Å². The molecule has 2 heterocycles. The molecule has 176 valence electrons. The average molecular weight is 476 g/mol. The SMILES string of the molecule is CCOC(=O)C1=C(C)Nc2nc(SCc3ccccc3)[nH]c(=O)c2C1c1ccc(C(C)C)cc1. The number of ether oxygens (including phenoxy) is 1. The Kier molecular flexibility index (Phi) is 7.22. The minimum Gasteiger partial charge on any atom is -0.463 e. The van der Waals surface area contributed by atoms with Crippen LogP contribution in [-0.4, -0.2) is 22.5 Å². The lowest BCUT2D eigenvalue weighted by Gasteiger charge is -2.29.